The molecule has 2 aromatic rings. The standard InChI is InChI=1S/C14H14FNO2S/c1-18-13(10-6-7-19-9-10)8-16-14(17)11-4-2-3-5-12(11)15/h2-7,9,13H,8H2,1H3,(H,16,17)/t13-/m0/s1. The minimum absolute atomic E-state index is 0.0441. The number of benzene rings is 1. The Labute approximate surface area is 115 Å². The van der Waals surface area contributed by atoms with E-state index in [0.717, 1.165) is 5.56 Å². The van der Waals surface area contributed by atoms with Crippen LogP contribution >= 0.6 is 11.3 Å². The molecule has 1 amide bonds. The summed E-state index contributed by atoms with van der Waals surface area (Å²) in [7, 11) is 1.58. The number of hydrogen-bond donors (Lipinski definition) is 1. The molecule has 100 valence electrons. The maximum Gasteiger partial charge on any atom is 0.254 e. The third kappa shape index (κ3) is 3.39. The molecule has 0 saturated carbocycles. The topological polar surface area (TPSA) is 38.3 Å². The van der Waals surface area contributed by atoms with E-state index in [1.807, 2.05) is 16.8 Å². The van der Waals surface area contributed by atoms with Gasteiger partial charge in [0.25, 0.3) is 5.91 Å². The van der Waals surface area contributed by atoms with Gasteiger partial charge in [-0.1, -0.05) is 12.1 Å². The second kappa shape index (κ2) is 6.45. The molecule has 0 saturated heterocycles. The van der Waals surface area contributed by atoms with Gasteiger partial charge in [0.05, 0.1) is 5.56 Å². The highest BCUT2D eigenvalue weighted by molar-refractivity contribution is 7.07. The summed E-state index contributed by atoms with van der Waals surface area (Å²) in [6.07, 6.45) is -0.220. The van der Waals surface area contributed by atoms with Crippen LogP contribution in [0.3, 0.4) is 0 Å². The molecule has 1 aromatic carbocycles. The van der Waals surface area contributed by atoms with Gasteiger partial charge in [-0.05, 0) is 34.5 Å². The van der Waals surface area contributed by atoms with Crippen LogP contribution in [0.4, 0.5) is 4.39 Å². The van der Waals surface area contributed by atoms with E-state index in [0.29, 0.717) is 6.54 Å². The number of nitrogens with one attached hydrogen (secondary N) is 1. The van der Waals surface area contributed by atoms with Gasteiger partial charge in [0.1, 0.15) is 11.9 Å². The zero-order valence-electron chi connectivity index (χ0n) is 10.4. The van der Waals surface area contributed by atoms with Gasteiger partial charge in [-0.2, -0.15) is 11.3 Å². The quantitative estimate of drug-likeness (QED) is 0.913. The molecule has 0 fully saturated rings. The number of ether oxygens (including phenoxy) is 1. The molecule has 0 unspecified atom stereocenters. The highest BCUT2D eigenvalue weighted by Crippen LogP contribution is 2.18. The van der Waals surface area contributed by atoms with Crippen LogP contribution in [0.25, 0.3) is 0 Å². The monoisotopic (exact) mass is 279 g/mol. The van der Waals surface area contributed by atoms with Crippen LogP contribution in [-0.4, -0.2) is 19.6 Å². The molecule has 1 heterocycles. The SMILES string of the molecule is CO[C@@H](CNC(=O)c1ccccc1F)c1ccsc1. The van der Waals surface area contributed by atoms with Gasteiger partial charge < -0.3 is 10.1 Å². The number of methoxy groups -OCH3 is 1. The molecule has 0 aliphatic rings. The molecule has 5 heteroatoms. The fourth-order valence-corrected chi connectivity index (χ4v) is 2.42. The van der Waals surface area contributed by atoms with Gasteiger partial charge in [-0.25, -0.2) is 4.39 Å². The number of halogens is 1. The van der Waals surface area contributed by atoms with Crippen molar-refractivity contribution < 1.29 is 13.9 Å². The molecule has 1 atom stereocenters. The summed E-state index contributed by atoms with van der Waals surface area (Å²) in [6.45, 7) is 0.306. The second-order valence-corrected chi connectivity index (χ2v) is 4.75. The van der Waals surface area contributed by atoms with Crippen molar-refractivity contribution in [3.8, 4) is 0 Å². The van der Waals surface area contributed by atoms with Crippen LogP contribution < -0.4 is 5.32 Å². The molecule has 3 nitrogen and oxygen atoms in total. The number of hydrogen-bond acceptors (Lipinski definition) is 3. The lowest BCUT2D eigenvalue weighted by molar-refractivity contribution is 0.0826. The Kier molecular flexibility index (Phi) is 4.65. The van der Waals surface area contributed by atoms with Crippen molar-refractivity contribution in [1.29, 1.82) is 0 Å². The van der Waals surface area contributed by atoms with Gasteiger partial charge in [0.2, 0.25) is 0 Å². The lowest BCUT2D eigenvalue weighted by Gasteiger charge is -2.15. The zero-order valence-corrected chi connectivity index (χ0v) is 11.2. The summed E-state index contributed by atoms with van der Waals surface area (Å²) >= 11 is 1.56. The van der Waals surface area contributed by atoms with Crippen molar-refractivity contribution in [1.82, 2.24) is 5.32 Å². The Morgan fingerprint density at radius 1 is 1.42 bits per heavy atom. The minimum Gasteiger partial charge on any atom is -0.375 e. The van der Waals surface area contributed by atoms with Gasteiger partial charge in [0.15, 0.2) is 0 Å². The van der Waals surface area contributed by atoms with E-state index in [9.17, 15) is 9.18 Å². The number of carbonyl (C=O) groups is 1. The lowest BCUT2D eigenvalue weighted by Crippen LogP contribution is -2.29. The van der Waals surface area contributed by atoms with Crippen molar-refractivity contribution in [3.63, 3.8) is 0 Å². The van der Waals surface area contributed by atoms with E-state index in [4.69, 9.17) is 4.74 Å². The number of carbonyl (C=O) groups excluding carboxylic acids is 1. The number of amides is 1. The highest BCUT2D eigenvalue weighted by Gasteiger charge is 2.15. The van der Waals surface area contributed by atoms with Gasteiger partial charge in [0, 0.05) is 13.7 Å². The van der Waals surface area contributed by atoms with Gasteiger partial charge in [-0.15, -0.1) is 0 Å². The third-order valence-corrected chi connectivity index (χ3v) is 3.47. The Balaban J connectivity index is 1.98. The fourth-order valence-electron chi connectivity index (χ4n) is 1.72. The smallest absolute Gasteiger partial charge is 0.254 e. The maximum absolute atomic E-state index is 13.4. The molecule has 1 N–H and O–H groups in total. The summed E-state index contributed by atoms with van der Waals surface area (Å²) in [5, 5.41) is 6.59. The normalized spacial score (nSPS) is 12.1. The van der Waals surface area contributed by atoms with Crippen LogP contribution in [0, 0.1) is 5.82 Å². The van der Waals surface area contributed by atoms with E-state index in [1.54, 1.807) is 30.6 Å². The molecule has 1 aromatic heterocycles. The van der Waals surface area contributed by atoms with Crippen LogP contribution in [0.1, 0.15) is 22.0 Å². The molecular weight excluding hydrogens is 265 g/mol. The molecule has 0 aliphatic carbocycles. The van der Waals surface area contributed by atoms with E-state index in [1.165, 1.54) is 12.1 Å². The first-order valence-electron chi connectivity index (χ1n) is 5.80. The Hall–Kier alpha value is -1.72. The van der Waals surface area contributed by atoms with E-state index >= 15 is 0 Å². The van der Waals surface area contributed by atoms with E-state index in [-0.39, 0.29) is 11.7 Å². The summed E-state index contributed by atoms with van der Waals surface area (Å²) in [6, 6.07) is 7.84. The van der Waals surface area contributed by atoms with Gasteiger partial charge >= 0.3 is 0 Å². The van der Waals surface area contributed by atoms with Crippen molar-refractivity contribution >= 4 is 17.2 Å². The Bertz CT molecular complexity index is 542. The first-order valence-corrected chi connectivity index (χ1v) is 6.74. The molecule has 2 rings (SSSR count). The first kappa shape index (κ1) is 13.7. The highest BCUT2D eigenvalue weighted by atomic mass is 32.1. The minimum atomic E-state index is -0.524. The average molecular weight is 279 g/mol. The third-order valence-electron chi connectivity index (χ3n) is 2.77. The summed E-state index contributed by atoms with van der Waals surface area (Å²) in [5.41, 5.74) is 1.05. The first-order chi connectivity index (χ1) is 9.22. The van der Waals surface area contributed by atoms with Crippen LogP contribution in [0.15, 0.2) is 41.1 Å². The molecule has 19 heavy (non-hydrogen) atoms. The average Bonchev–Trinajstić information content (AvgIpc) is 2.94. The Morgan fingerprint density at radius 3 is 2.84 bits per heavy atom. The van der Waals surface area contributed by atoms with Crippen molar-refractivity contribution in [2.24, 2.45) is 0 Å². The Morgan fingerprint density at radius 2 is 2.21 bits per heavy atom. The van der Waals surface area contributed by atoms with Crippen LogP contribution in [0.2, 0.25) is 0 Å². The van der Waals surface area contributed by atoms with E-state index in [2.05, 4.69) is 5.32 Å². The molecule has 0 bridgehead atoms. The van der Waals surface area contributed by atoms with Crippen molar-refractivity contribution in [3.05, 3.63) is 58.0 Å². The summed E-state index contributed by atoms with van der Waals surface area (Å²) < 4.78 is 18.7. The molecular formula is C14H14FNO2S. The largest absolute Gasteiger partial charge is 0.375 e. The maximum atomic E-state index is 13.4. The number of thiophene rings is 1. The van der Waals surface area contributed by atoms with Crippen LogP contribution in [-0.2, 0) is 4.74 Å². The summed E-state index contributed by atoms with van der Waals surface area (Å²) in [5.74, 6) is -0.958. The van der Waals surface area contributed by atoms with Gasteiger partial charge in [-0.3, -0.25) is 4.79 Å². The zero-order chi connectivity index (χ0) is 13.7. The van der Waals surface area contributed by atoms with Crippen molar-refractivity contribution in [2.45, 2.75) is 6.10 Å². The predicted octanol–water partition coefficient (Wildman–Crippen LogP) is 3.00. The second-order valence-electron chi connectivity index (χ2n) is 3.97. The predicted molar refractivity (Wildman–Crippen MR) is 72.8 cm³/mol. The molecule has 0 radical (unpaired) electrons. The fraction of sp³-hybridized carbons (Fsp3) is 0.214. The molecule has 0 aliphatic heterocycles. The summed E-state index contributed by atoms with van der Waals surface area (Å²) in [4.78, 5) is 11.9. The van der Waals surface area contributed by atoms with E-state index < -0.39 is 11.7 Å². The lowest BCUT2D eigenvalue weighted by atomic mass is 10.1. The van der Waals surface area contributed by atoms with Crippen LogP contribution in [0.5, 0.6) is 0 Å². The molecule has 0 spiro atoms. The number of rotatable bonds is 5. The van der Waals surface area contributed by atoms with Crippen molar-refractivity contribution in [2.75, 3.05) is 13.7 Å².